The van der Waals surface area contributed by atoms with Crippen molar-refractivity contribution in [3.63, 3.8) is 0 Å². The highest BCUT2D eigenvalue weighted by atomic mass is 16.5. The fourth-order valence-electron chi connectivity index (χ4n) is 2.27. The van der Waals surface area contributed by atoms with Gasteiger partial charge in [-0.05, 0) is 18.6 Å². The number of hydrogen-bond donors (Lipinski definition) is 1. The summed E-state index contributed by atoms with van der Waals surface area (Å²) < 4.78 is 8.02. The number of fused-ring (bicyclic) bond motifs is 1. The van der Waals surface area contributed by atoms with Gasteiger partial charge in [-0.15, -0.1) is 5.10 Å². The number of aliphatic hydroxyl groups is 1. The number of pyridine rings is 1. The maximum Gasteiger partial charge on any atom is 0.350 e. The van der Waals surface area contributed by atoms with E-state index < -0.39 is 6.10 Å². The fraction of sp³-hybridized carbons (Fsp3) is 0.500. The maximum atomic E-state index is 12.0. The first-order valence-corrected chi connectivity index (χ1v) is 6.06. The number of rotatable bonds is 3. The maximum absolute atomic E-state index is 12.0. The molecule has 0 aromatic carbocycles. The molecule has 0 amide bonds. The standard InChI is InChI=1S/C12H15N3O3/c16-10(9-4-6-18-8-9)7-15-12(17)14-5-2-1-3-11(14)13-15/h1-3,5,9-10,16H,4,6-8H2. The van der Waals surface area contributed by atoms with Gasteiger partial charge >= 0.3 is 5.69 Å². The molecule has 2 aromatic heterocycles. The van der Waals surface area contributed by atoms with Gasteiger partial charge in [0.15, 0.2) is 5.65 Å². The van der Waals surface area contributed by atoms with Crippen molar-refractivity contribution in [1.29, 1.82) is 0 Å². The number of aliphatic hydroxyl groups excluding tert-OH is 1. The topological polar surface area (TPSA) is 68.8 Å². The average Bonchev–Trinajstić information content (AvgIpc) is 3.00. The van der Waals surface area contributed by atoms with E-state index in [2.05, 4.69) is 5.10 Å². The highest BCUT2D eigenvalue weighted by molar-refractivity contribution is 5.35. The SMILES string of the molecule is O=c1n(CC(O)C2CCOC2)nc2ccccn12. The molecule has 6 nitrogen and oxygen atoms in total. The highest BCUT2D eigenvalue weighted by Gasteiger charge is 2.25. The summed E-state index contributed by atoms with van der Waals surface area (Å²) in [4.78, 5) is 12.0. The van der Waals surface area contributed by atoms with Crippen LogP contribution in [0.5, 0.6) is 0 Å². The van der Waals surface area contributed by atoms with Crippen LogP contribution in [-0.4, -0.2) is 38.6 Å². The summed E-state index contributed by atoms with van der Waals surface area (Å²) in [6.45, 7) is 1.46. The molecule has 0 bridgehead atoms. The number of ether oxygens (including phenoxy) is 1. The lowest BCUT2D eigenvalue weighted by Gasteiger charge is -2.15. The van der Waals surface area contributed by atoms with E-state index in [1.54, 1.807) is 18.3 Å². The van der Waals surface area contributed by atoms with Crippen LogP contribution in [0.4, 0.5) is 0 Å². The van der Waals surface area contributed by atoms with Gasteiger partial charge in [0.25, 0.3) is 0 Å². The molecule has 2 unspecified atom stereocenters. The summed E-state index contributed by atoms with van der Waals surface area (Å²) in [5.41, 5.74) is 0.376. The first-order valence-electron chi connectivity index (χ1n) is 6.06. The second-order valence-corrected chi connectivity index (χ2v) is 4.58. The van der Waals surface area contributed by atoms with Crippen LogP contribution in [0, 0.1) is 5.92 Å². The number of aromatic nitrogens is 3. The molecule has 3 heterocycles. The van der Waals surface area contributed by atoms with Crippen LogP contribution in [-0.2, 0) is 11.3 Å². The molecule has 2 atom stereocenters. The van der Waals surface area contributed by atoms with Gasteiger partial charge in [-0.1, -0.05) is 6.07 Å². The van der Waals surface area contributed by atoms with Gasteiger partial charge in [0.2, 0.25) is 0 Å². The Morgan fingerprint density at radius 1 is 1.56 bits per heavy atom. The van der Waals surface area contributed by atoms with Crippen molar-refractivity contribution in [3.05, 3.63) is 34.9 Å². The van der Waals surface area contributed by atoms with Crippen molar-refractivity contribution in [2.45, 2.75) is 19.1 Å². The molecule has 0 spiro atoms. The first-order chi connectivity index (χ1) is 8.75. The Morgan fingerprint density at radius 2 is 2.44 bits per heavy atom. The molecule has 2 aromatic rings. The molecule has 0 saturated carbocycles. The third kappa shape index (κ3) is 1.93. The van der Waals surface area contributed by atoms with E-state index in [9.17, 15) is 9.90 Å². The van der Waals surface area contributed by atoms with Gasteiger partial charge in [-0.2, -0.15) is 0 Å². The van der Waals surface area contributed by atoms with Crippen LogP contribution < -0.4 is 5.69 Å². The number of hydrogen-bond acceptors (Lipinski definition) is 4. The average molecular weight is 249 g/mol. The van der Waals surface area contributed by atoms with Crippen LogP contribution in [0.3, 0.4) is 0 Å². The minimum absolute atomic E-state index is 0.0988. The summed E-state index contributed by atoms with van der Waals surface area (Å²) in [6.07, 6.45) is 1.92. The Balaban J connectivity index is 1.86. The molecule has 1 aliphatic heterocycles. The van der Waals surface area contributed by atoms with Crippen molar-refractivity contribution < 1.29 is 9.84 Å². The fourth-order valence-corrected chi connectivity index (χ4v) is 2.27. The zero-order chi connectivity index (χ0) is 12.5. The third-order valence-corrected chi connectivity index (χ3v) is 3.36. The molecule has 1 fully saturated rings. The van der Waals surface area contributed by atoms with Crippen molar-refractivity contribution in [3.8, 4) is 0 Å². The lowest BCUT2D eigenvalue weighted by Crippen LogP contribution is -2.32. The predicted molar refractivity (Wildman–Crippen MR) is 64.4 cm³/mol. The van der Waals surface area contributed by atoms with Crippen LogP contribution in [0.2, 0.25) is 0 Å². The first kappa shape index (κ1) is 11.4. The summed E-state index contributed by atoms with van der Waals surface area (Å²) in [6, 6.07) is 5.37. The van der Waals surface area contributed by atoms with Gasteiger partial charge in [0.1, 0.15) is 0 Å². The molecule has 1 saturated heterocycles. The highest BCUT2D eigenvalue weighted by Crippen LogP contribution is 2.17. The molecule has 6 heteroatoms. The molecule has 0 aliphatic carbocycles. The van der Waals surface area contributed by atoms with Gasteiger partial charge in [0, 0.05) is 18.7 Å². The van der Waals surface area contributed by atoms with E-state index in [4.69, 9.17) is 4.74 Å². The predicted octanol–water partition coefficient (Wildman–Crippen LogP) is -0.107. The Labute approximate surface area is 103 Å². The largest absolute Gasteiger partial charge is 0.391 e. The van der Waals surface area contributed by atoms with Gasteiger partial charge < -0.3 is 9.84 Å². The lowest BCUT2D eigenvalue weighted by molar-refractivity contribution is 0.0739. The summed E-state index contributed by atoms with van der Waals surface area (Å²) >= 11 is 0. The Bertz CT molecular complexity index is 598. The summed E-state index contributed by atoms with van der Waals surface area (Å²) in [5, 5.41) is 14.3. The zero-order valence-corrected chi connectivity index (χ0v) is 9.90. The third-order valence-electron chi connectivity index (χ3n) is 3.36. The molecule has 0 radical (unpaired) electrons. The Hall–Kier alpha value is -1.66. The van der Waals surface area contributed by atoms with Crippen molar-refractivity contribution in [2.75, 3.05) is 13.2 Å². The van der Waals surface area contributed by atoms with Crippen molar-refractivity contribution >= 4 is 5.65 Å². The summed E-state index contributed by atoms with van der Waals surface area (Å²) in [5.74, 6) is 0.0988. The quantitative estimate of drug-likeness (QED) is 0.824. The van der Waals surface area contributed by atoms with Crippen LogP contribution >= 0.6 is 0 Å². The summed E-state index contributed by atoms with van der Waals surface area (Å²) in [7, 11) is 0. The van der Waals surface area contributed by atoms with E-state index in [-0.39, 0.29) is 18.2 Å². The molecule has 1 aliphatic rings. The minimum atomic E-state index is -0.588. The van der Waals surface area contributed by atoms with Crippen LogP contribution in [0.25, 0.3) is 5.65 Å². The lowest BCUT2D eigenvalue weighted by atomic mass is 10.0. The normalized spacial score (nSPS) is 21.5. The molecule has 3 rings (SSSR count). The molecule has 96 valence electrons. The molecule has 18 heavy (non-hydrogen) atoms. The minimum Gasteiger partial charge on any atom is -0.391 e. The van der Waals surface area contributed by atoms with E-state index in [1.165, 1.54) is 9.08 Å². The molecular weight excluding hydrogens is 234 g/mol. The van der Waals surface area contributed by atoms with E-state index in [0.717, 1.165) is 6.42 Å². The van der Waals surface area contributed by atoms with E-state index in [0.29, 0.717) is 18.9 Å². The Morgan fingerprint density at radius 3 is 3.17 bits per heavy atom. The van der Waals surface area contributed by atoms with Gasteiger partial charge in [-0.3, -0.25) is 4.40 Å². The van der Waals surface area contributed by atoms with Crippen LogP contribution in [0.15, 0.2) is 29.2 Å². The Kier molecular flexibility index (Phi) is 2.89. The van der Waals surface area contributed by atoms with E-state index >= 15 is 0 Å². The van der Waals surface area contributed by atoms with E-state index in [1.807, 2.05) is 6.07 Å². The second kappa shape index (κ2) is 4.55. The van der Waals surface area contributed by atoms with Crippen molar-refractivity contribution in [1.82, 2.24) is 14.2 Å². The zero-order valence-electron chi connectivity index (χ0n) is 9.90. The van der Waals surface area contributed by atoms with Crippen molar-refractivity contribution in [2.24, 2.45) is 5.92 Å². The second-order valence-electron chi connectivity index (χ2n) is 4.58. The monoisotopic (exact) mass is 249 g/mol. The van der Waals surface area contributed by atoms with Gasteiger partial charge in [0.05, 0.1) is 19.3 Å². The molecular formula is C12H15N3O3. The smallest absolute Gasteiger partial charge is 0.350 e. The van der Waals surface area contributed by atoms with Gasteiger partial charge in [-0.25, -0.2) is 9.48 Å². The van der Waals surface area contributed by atoms with Crippen LogP contribution in [0.1, 0.15) is 6.42 Å². The number of nitrogens with zero attached hydrogens (tertiary/aromatic N) is 3. The molecule has 1 N–H and O–H groups in total.